The lowest BCUT2D eigenvalue weighted by Crippen LogP contribution is -2.35. The van der Waals surface area contributed by atoms with Gasteiger partial charge >= 0.3 is 5.97 Å². The summed E-state index contributed by atoms with van der Waals surface area (Å²) in [6.45, 7) is 2.09. The molecule has 0 saturated heterocycles. The first-order valence-corrected chi connectivity index (χ1v) is 4.57. The summed E-state index contributed by atoms with van der Waals surface area (Å²) < 4.78 is 29.4. The molecule has 1 rings (SSSR count). The second-order valence-electron chi connectivity index (χ2n) is 3.47. The highest BCUT2D eigenvalue weighted by Crippen LogP contribution is 2.44. The molecule has 0 bridgehead atoms. The van der Waals surface area contributed by atoms with E-state index in [4.69, 9.17) is 0 Å². The highest BCUT2D eigenvalue weighted by Gasteiger charge is 2.44. The van der Waals surface area contributed by atoms with Gasteiger partial charge in [0.25, 0.3) is 0 Å². The van der Waals surface area contributed by atoms with Crippen molar-refractivity contribution >= 4 is 5.97 Å². The lowest BCUT2D eigenvalue weighted by Gasteiger charge is -2.34. The molecule has 76 valence electrons. The summed E-state index contributed by atoms with van der Waals surface area (Å²) in [5, 5.41) is 0. The van der Waals surface area contributed by atoms with Crippen LogP contribution in [0, 0.1) is 5.92 Å². The van der Waals surface area contributed by atoms with Crippen LogP contribution >= 0.6 is 0 Å². The Labute approximate surface area is 76.3 Å². The quantitative estimate of drug-likeness (QED) is 0.639. The van der Waals surface area contributed by atoms with Crippen LogP contribution in [0.15, 0.2) is 0 Å². The van der Waals surface area contributed by atoms with E-state index in [2.05, 4.69) is 4.74 Å². The number of rotatable bonds is 4. The van der Waals surface area contributed by atoms with E-state index < -0.39 is 5.92 Å². The Kier molecular flexibility index (Phi) is 3.22. The number of ether oxygens (including phenoxy) is 1. The van der Waals surface area contributed by atoms with Crippen molar-refractivity contribution in [2.75, 3.05) is 6.61 Å². The Hall–Kier alpha value is -0.670. The van der Waals surface area contributed by atoms with Crippen molar-refractivity contribution in [3.05, 3.63) is 0 Å². The summed E-state index contributed by atoms with van der Waals surface area (Å²) in [4.78, 5) is 10.8. The summed E-state index contributed by atoms with van der Waals surface area (Å²) in [6.07, 6.45) is 0.682. The number of hydrogen-bond donors (Lipinski definition) is 0. The molecule has 1 aliphatic rings. The van der Waals surface area contributed by atoms with Gasteiger partial charge in [-0.15, -0.1) is 0 Å². The van der Waals surface area contributed by atoms with E-state index in [-0.39, 0.29) is 31.1 Å². The largest absolute Gasteiger partial charge is 0.466 e. The Morgan fingerprint density at radius 3 is 2.62 bits per heavy atom. The van der Waals surface area contributed by atoms with Crippen LogP contribution in [0.2, 0.25) is 0 Å². The topological polar surface area (TPSA) is 26.3 Å². The van der Waals surface area contributed by atoms with E-state index >= 15 is 0 Å². The SMILES string of the molecule is CCOC(=O)CCC1CC(F)(F)C1. The van der Waals surface area contributed by atoms with Gasteiger partial charge in [0.1, 0.15) is 0 Å². The van der Waals surface area contributed by atoms with E-state index in [1.807, 2.05) is 0 Å². The molecule has 0 atom stereocenters. The van der Waals surface area contributed by atoms with Gasteiger partial charge in [0.2, 0.25) is 5.92 Å². The maximum absolute atomic E-state index is 12.3. The summed E-state index contributed by atoms with van der Waals surface area (Å²) in [5.74, 6) is -2.74. The molecule has 0 aromatic heterocycles. The molecule has 0 radical (unpaired) electrons. The van der Waals surface area contributed by atoms with Crippen LogP contribution in [0.4, 0.5) is 8.78 Å². The minimum Gasteiger partial charge on any atom is -0.466 e. The van der Waals surface area contributed by atoms with Gasteiger partial charge in [0, 0.05) is 19.3 Å². The zero-order valence-electron chi connectivity index (χ0n) is 7.69. The molecular formula is C9H14F2O2. The monoisotopic (exact) mass is 192 g/mol. The number of halogens is 2. The zero-order valence-corrected chi connectivity index (χ0v) is 7.69. The van der Waals surface area contributed by atoms with Gasteiger partial charge in [0.15, 0.2) is 0 Å². The van der Waals surface area contributed by atoms with Crippen LogP contribution in [0.25, 0.3) is 0 Å². The number of hydrogen-bond acceptors (Lipinski definition) is 2. The summed E-state index contributed by atoms with van der Waals surface area (Å²) in [6, 6.07) is 0. The van der Waals surface area contributed by atoms with Crippen molar-refractivity contribution in [1.29, 1.82) is 0 Å². The lowest BCUT2D eigenvalue weighted by molar-refractivity contribution is -0.146. The average molecular weight is 192 g/mol. The van der Waals surface area contributed by atoms with Gasteiger partial charge in [-0.05, 0) is 19.3 Å². The fourth-order valence-electron chi connectivity index (χ4n) is 1.54. The predicted molar refractivity (Wildman–Crippen MR) is 43.5 cm³/mol. The van der Waals surface area contributed by atoms with E-state index in [9.17, 15) is 13.6 Å². The molecule has 13 heavy (non-hydrogen) atoms. The third-order valence-corrected chi connectivity index (χ3v) is 2.24. The van der Waals surface area contributed by atoms with Crippen molar-refractivity contribution in [1.82, 2.24) is 0 Å². The molecule has 0 aromatic carbocycles. The van der Waals surface area contributed by atoms with Crippen molar-refractivity contribution in [3.63, 3.8) is 0 Å². The van der Waals surface area contributed by atoms with Crippen LogP contribution < -0.4 is 0 Å². The van der Waals surface area contributed by atoms with E-state index in [0.29, 0.717) is 13.0 Å². The van der Waals surface area contributed by atoms with Crippen molar-refractivity contribution in [2.45, 2.75) is 38.5 Å². The minimum atomic E-state index is -2.47. The summed E-state index contributed by atoms with van der Waals surface area (Å²) >= 11 is 0. The smallest absolute Gasteiger partial charge is 0.305 e. The first-order valence-electron chi connectivity index (χ1n) is 4.57. The Morgan fingerprint density at radius 1 is 1.54 bits per heavy atom. The molecule has 0 aliphatic heterocycles. The molecule has 0 heterocycles. The van der Waals surface area contributed by atoms with Crippen molar-refractivity contribution in [2.24, 2.45) is 5.92 Å². The standard InChI is InChI=1S/C9H14F2O2/c1-2-13-8(12)4-3-7-5-9(10,11)6-7/h7H,2-6H2,1H3. The average Bonchev–Trinajstić information content (AvgIpc) is 1.97. The normalized spacial score (nSPS) is 20.8. The number of alkyl halides is 2. The first kappa shape index (κ1) is 10.4. The summed E-state index contributed by atoms with van der Waals surface area (Å²) in [5.41, 5.74) is 0. The van der Waals surface area contributed by atoms with Crippen LogP contribution in [-0.4, -0.2) is 18.5 Å². The van der Waals surface area contributed by atoms with E-state index in [1.165, 1.54) is 0 Å². The predicted octanol–water partition coefficient (Wildman–Crippen LogP) is 2.38. The minimum absolute atomic E-state index is 0.0133. The van der Waals surface area contributed by atoms with Gasteiger partial charge in [-0.25, -0.2) is 8.78 Å². The molecular weight excluding hydrogens is 178 g/mol. The highest BCUT2D eigenvalue weighted by atomic mass is 19.3. The third kappa shape index (κ3) is 3.28. The van der Waals surface area contributed by atoms with Crippen molar-refractivity contribution in [3.8, 4) is 0 Å². The van der Waals surface area contributed by atoms with Crippen LogP contribution in [0.3, 0.4) is 0 Å². The Morgan fingerprint density at radius 2 is 2.15 bits per heavy atom. The van der Waals surface area contributed by atoms with Gasteiger partial charge in [-0.3, -0.25) is 4.79 Å². The number of carbonyl (C=O) groups excluding carboxylic acids is 1. The maximum Gasteiger partial charge on any atom is 0.305 e. The molecule has 0 N–H and O–H groups in total. The van der Waals surface area contributed by atoms with Gasteiger partial charge < -0.3 is 4.74 Å². The highest BCUT2D eigenvalue weighted by molar-refractivity contribution is 5.69. The van der Waals surface area contributed by atoms with Crippen LogP contribution in [0.1, 0.15) is 32.6 Å². The number of esters is 1. The zero-order chi connectivity index (χ0) is 9.90. The van der Waals surface area contributed by atoms with Crippen LogP contribution in [0.5, 0.6) is 0 Å². The molecule has 1 saturated carbocycles. The van der Waals surface area contributed by atoms with Gasteiger partial charge in [0.05, 0.1) is 6.61 Å². The second-order valence-corrected chi connectivity index (χ2v) is 3.47. The van der Waals surface area contributed by atoms with Crippen molar-refractivity contribution < 1.29 is 18.3 Å². The molecule has 1 aliphatic carbocycles. The van der Waals surface area contributed by atoms with E-state index in [1.54, 1.807) is 6.92 Å². The Bertz CT molecular complexity index is 184. The molecule has 0 unspecified atom stereocenters. The Balaban J connectivity index is 2.05. The third-order valence-electron chi connectivity index (χ3n) is 2.24. The van der Waals surface area contributed by atoms with Gasteiger partial charge in [-0.2, -0.15) is 0 Å². The van der Waals surface area contributed by atoms with Gasteiger partial charge in [-0.1, -0.05) is 0 Å². The van der Waals surface area contributed by atoms with E-state index in [0.717, 1.165) is 0 Å². The molecule has 0 aromatic rings. The second kappa shape index (κ2) is 4.03. The lowest BCUT2D eigenvalue weighted by atomic mass is 9.78. The molecule has 1 fully saturated rings. The molecule has 2 nitrogen and oxygen atoms in total. The molecule has 0 amide bonds. The fraction of sp³-hybridized carbons (Fsp3) is 0.889. The first-order chi connectivity index (χ1) is 6.03. The fourth-order valence-corrected chi connectivity index (χ4v) is 1.54. The number of carbonyl (C=O) groups is 1. The molecule has 0 spiro atoms. The molecule has 4 heteroatoms. The summed E-state index contributed by atoms with van der Waals surface area (Å²) in [7, 11) is 0. The maximum atomic E-state index is 12.3. The van der Waals surface area contributed by atoms with Crippen LogP contribution in [-0.2, 0) is 9.53 Å².